The summed E-state index contributed by atoms with van der Waals surface area (Å²) in [7, 11) is 0. The van der Waals surface area contributed by atoms with Gasteiger partial charge in [0.1, 0.15) is 0 Å². The van der Waals surface area contributed by atoms with Crippen LogP contribution in [0.25, 0.3) is 0 Å². The molecule has 0 unspecified atom stereocenters. The maximum atomic E-state index is 3.54. The first kappa shape index (κ1) is 11.2. The Balaban J connectivity index is 1.54. The highest BCUT2D eigenvalue weighted by atomic mass is 15.2. The number of piperidine rings is 1. The molecule has 2 nitrogen and oxygen atoms in total. The van der Waals surface area contributed by atoms with E-state index in [9.17, 15) is 0 Å². The van der Waals surface area contributed by atoms with E-state index < -0.39 is 0 Å². The molecule has 2 heteroatoms. The van der Waals surface area contributed by atoms with Gasteiger partial charge < -0.3 is 5.32 Å². The standard InChI is InChI=1S/C15H22N2/c1-13-3-5-14(6-4-13)9-17-11-15(12-17)7-2-8-16-10-15/h3-6,16H,2,7-12H2,1H3. The molecule has 2 fully saturated rings. The van der Waals surface area contributed by atoms with Crippen molar-refractivity contribution in [1.82, 2.24) is 10.2 Å². The Labute approximate surface area is 104 Å². The second-order valence-corrected chi connectivity index (χ2v) is 5.91. The van der Waals surface area contributed by atoms with Gasteiger partial charge in [-0.15, -0.1) is 0 Å². The van der Waals surface area contributed by atoms with E-state index >= 15 is 0 Å². The zero-order valence-electron chi connectivity index (χ0n) is 10.7. The van der Waals surface area contributed by atoms with Crippen molar-refractivity contribution in [2.75, 3.05) is 26.2 Å². The van der Waals surface area contributed by atoms with E-state index in [1.54, 1.807) is 0 Å². The van der Waals surface area contributed by atoms with Gasteiger partial charge in [0.25, 0.3) is 0 Å². The van der Waals surface area contributed by atoms with E-state index in [4.69, 9.17) is 0 Å². The first-order valence-electron chi connectivity index (χ1n) is 6.74. The van der Waals surface area contributed by atoms with Gasteiger partial charge in [-0.05, 0) is 31.9 Å². The molecule has 2 aliphatic rings. The number of aryl methyl sites for hydroxylation is 1. The number of hydrogen-bond acceptors (Lipinski definition) is 2. The molecule has 17 heavy (non-hydrogen) atoms. The van der Waals surface area contributed by atoms with Crippen LogP contribution in [0.15, 0.2) is 24.3 Å². The summed E-state index contributed by atoms with van der Waals surface area (Å²) in [5.41, 5.74) is 3.42. The topological polar surface area (TPSA) is 15.3 Å². The van der Waals surface area contributed by atoms with Crippen LogP contribution in [0.1, 0.15) is 24.0 Å². The van der Waals surface area contributed by atoms with Crippen LogP contribution in [0, 0.1) is 12.3 Å². The van der Waals surface area contributed by atoms with Gasteiger partial charge in [0.2, 0.25) is 0 Å². The summed E-state index contributed by atoms with van der Waals surface area (Å²) in [6.45, 7) is 8.30. The minimum absolute atomic E-state index is 0.614. The zero-order chi connectivity index (χ0) is 11.7. The fraction of sp³-hybridized carbons (Fsp3) is 0.600. The molecule has 1 N–H and O–H groups in total. The van der Waals surface area contributed by atoms with E-state index in [0.29, 0.717) is 5.41 Å². The smallest absolute Gasteiger partial charge is 0.0234 e. The Kier molecular flexibility index (Phi) is 2.93. The van der Waals surface area contributed by atoms with Gasteiger partial charge in [-0.1, -0.05) is 29.8 Å². The summed E-state index contributed by atoms with van der Waals surface area (Å²) < 4.78 is 0. The van der Waals surface area contributed by atoms with E-state index in [1.165, 1.54) is 50.1 Å². The largest absolute Gasteiger partial charge is 0.316 e. The first-order valence-corrected chi connectivity index (χ1v) is 6.74. The van der Waals surface area contributed by atoms with Crippen molar-refractivity contribution in [2.45, 2.75) is 26.3 Å². The molecule has 0 bridgehead atoms. The molecule has 1 spiro atoms. The number of likely N-dealkylation sites (tertiary alicyclic amines) is 1. The number of hydrogen-bond donors (Lipinski definition) is 1. The molecule has 0 aromatic heterocycles. The van der Waals surface area contributed by atoms with Gasteiger partial charge in [-0.2, -0.15) is 0 Å². The molecule has 2 saturated heterocycles. The molecule has 2 heterocycles. The van der Waals surface area contributed by atoms with Gasteiger partial charge in [0.15, 0.2) is 0 Å². The Hall–Kier alpha value is -0.860. The van der Waals surface area contributed by atoms with Crippen molar-refractivity contribution >= 4 is 0 Å². The molecule has 92 valence electrons. The highest BCUT2D eigenvalue weighted by Crippen LogP contribution is 2.37. The normalized spacial score (nSPS) is 23.6. The summed E-state index contributed by atoms with van der Waals surface area (Å²) in [4.78, 5) is 2.58. The summed E-state index contributed by atoms with van der Waals surface area (Å²) in [6.07, 6.45) is 2.78. The quantitative estimate of drug-likeness (QED) is 0.838. The number of nitrogens with zero attached hydrogens (tertiary/aromatic N) is 1. The van der Waals surface area contributed by atoms with Gasteiger partial charge in [0.05, 0.1) is 0 Å². The summed E-state index contributed by atoms with van der Waals surface area (Å²) >= 11 is 0. The van der Waals surface area contributed by atoms with Crippen molar-refractivity contribution in [1.29, 1.82) is 0 Å². The zero-order valence-corrected chi connectivity index (χ0v) is 10.7. The van der Waals surface area contributed by atoms with Crippen LogP contribution >= 0.6 is 0 Å². The summed E-state index contributed by atoms with van der Waals surface area (Å²) in [5, 5.41) is 3.54. The Bertz CT molecular complexity index is 368. The summed E-state index contributed by atoms with van der Waals surface area (Å²) in [5.74, 6) is 0. The Morgan fingerprint density at radius 2 is 2.00 bits per heavy atom. The SMILES string of the molecule is Cc1ccc(CN2CC3(CCCNC3)C2)cc1. The predicted octanol–water partition coefficient (Wildman–Crippen LogP) is 2.18. The fourth-order valence-electron chi connectivity index (χ4n) is 3.27. The minimum atomic E-state index is 0.614. The third kappa shape index (κ3) is 2.38. The maximum Gasteiger partial charge on any atom is 0.0234 e. The molecule has 1 aromatic carbocycles. The highest BCUT2D eigenvalue weighted by Gasteiger charge is 2.42. The second-order valence-electron chi connectivity index (χ2n) is 5.91. The lowest BCUT2D eigenvalue weighted by atomic mass is 9.74. The van der Waals surface area contributed by atoms with Crippen LogP contribution in [0.3, 0.4) is 0 Å². The van der Waals surface area contributed by atoms with E-state index in [2.05, 4.69) is 41.4 Å². The number of rotatable bonds is 2. The van der Waals surface area contributed by atoms with Gasteiger partial charge in [-0.3, -0.25) is 4.90 Å². The summed E-state index contributed by atoms with van der Waals surface area (Å²) in [6, 6.07) is 8.96. The van der Waals surface area contributed by atoms with Crippen LogP contribution in [0.5, 0.6) is 0 Å². The molecule has 0 saturated carbocycles. The van der Waals surface area contributed by atoms with Gasteiger partial charge >= 0.3 is 0 Å². The number of benzene rings is 1. The van der Waals surface area contributed by atoms with Crippen molar-refractivity contribution in [3.63, 3.8) is 0 Å². The molecule has 0 aliphatic carbocycles. The number of nitrogens with one attached hydrogen (secondary N) is 1. The first-order chi connectivity index (χ1) is 8.26. The van der Waals surface area contributed by atoms with E-state index in [1.807, 2.05) is 0 Å². The van der Waals surface area contributed by atoms with Crippen molar-refractivity contribution in [2.24, 2.45) is 5.41 Å². The average Bonchev–Trinajstić information content (AvgIpc) is 2.31. The average molecular weight is 230 g/mol. The Morgan fingerprint density at radius 3 is 2.65 bits per heavy atom. The van der Waals surface area contributed by atoms with Crippen LogP contribution < -0.4 is 5.32 Å². The van der Waals surface area contributed by atoms with Crippen LogP contribution in [-0.4, -0.2) is 31.1 Å². The minimum Gasteiger partial charge on any atom is -0.316 e. The lowest BCUT2D eigenvalue weighted by Crippen LogP contribution is -2.61. The van der Waals surface area contributed by atoms with Crippen molar-refractivity contribution in [3.05, 3.63) is 35.4 Å². The van der Waals surface area contributed by atoms with Crippen molar-refractivity contribution < 1.29 is 0 Å². The fourth-order valence-corrected chi connectivity index (χ4v) is 3.27. The second kappa shape index (κ2) is 4.43. The van der Waals surface area contributed by atoms with Crippen LogP contribution in [0.2, 0.25) is 0 Å². The molecular weight excluding hydrogens is 208 g/mol. The van der Waals surface area contributed by atoms with Gasteiger partial charge in [0, 0.05) is 31.6 Å². The molecule has 3 rings (SSSR count). The Morgan fingerprint density at radius 1 is 1.24 bits per heavy atom. The lowest BCUT2D eigenvalue weighted by molar-refractivity contribution is -0.0229. The van der Waals surface area contributed by atoms with Crippen molar-refractivity contribution in [3.8, 4) is 0 Å². The van der Waals surface area contributed by atoms with Gasteiger partial charge in [-0.25, -0.2) is 0 Å². The molecule has 2 aliphatic heterocycles. The lowest BCUT2D eigenvalue weighted by Gasteiger charge is -2.52. The molecular formula is C15H22N2. The molecule has 0 atom stereocenters. The molecule has 0 radical (unpaired) electrons. The third-order valence-corrected chi connectivity index (χ3v) is 4.21. The third-order valence-electron chi connectivity index (χ3n) is 4.21. The van der Waals surface area contributed by atoms with Crippen LogP contribution in [-0.2, 0) is 6.54 Å². The molecule has 1 aromatic rings. The van der Waals surface area contributed by atoms with E-state index in [0.717, 1.165) is 6.54 Å². The predicted molar refractivity (Wildman–Crippen MR) is 71.0 cm³/mol. The monoisotopic (exact) mass is 230 g/mol. The highest BCUT2D eigenvalue weighted by molar-refractivity contribution is 5.21. The molecule has 0 amide bonds. The van der Waals surface area contributed by atoms with E-state index in [-0.39, 0.29) is 0 Å². The van der Waals surface area contributed by atoms with Crippen LogP contribution in [0.4, 0.5) is 0 Å². The maximum absolute atomic E-state index is 3.54.